The lowest BCUT2D eigenvalue weighted by Gasteiger charge is -2.27. The Balaban J connectivity index is 1.77. The van der Waals surface area contributed by atoms with Crippen LogP contribution in [0.15, 0.2) is 47.6 Å². The van der Waals surface area contributed by atoms with Crippen LogP contribution in [-0.2, 0) is 6.42 Å². The molecule has 2 aromatic carbocycles. The highest BCUT2D eigenvalue weighted by Crippen LogP contribution is 2.45. The molecule has 1 aliphatic rings. The molecule has 0 fully saturated rings. The molecule has 6 nitrogen and oxygen atoms in total. The van der Waals surface area contributed by atoms with Crippen molar-refractivity contribution in [2.75, 3.05) is 0 Å². The zero-order chi connectivity index (χ0) is 23.4. The van der Waals surface area contributed by atoms with Crippen molar-refractivity contribution in [2.24, 2.45) is 0 Å². The number of ether oxygens (including phenoxy) is 1. The first-order valence-corrected chi connectivity index (χ1v) is 10.7. The van der Waals surface area contributed by atoms with Gasteiger partial charge in [0.2, 0.25) is 0 Å². The summed E-state index contributed by atoms with van der Waals surface area (Å²) in [7, 11) is 0. The summed E-state index contributed by atoms with van der Waals surface area (Å²) < 4.78 is 5.84. The molecule has 6 heteroatoms. The molecule has 1 atom stereocenters. The van der Waals surface area contributed by atoms with Gasteiger partial charge < -0.3 is 25.2 Å². The molecule has 2 aromatic rings. The van der Waals surface area contributed by atoms with Crippen LogP contribution >= 0.6 is 0 Å². The van der Waals surface area contributed by atoms with E-state index in [2.05, 4.69) is 32.9 Å². The lowest BCUT2D eigenvalue weighted by molar-refractivity contribution is 0.0843. The smallest absolute Gasteiger partial charge is 0.174 e. The SMILES string of the molecule is CC(C)=CCCC(C)=CCCc1c(O)cc2c(c1O)C(=O)C[C@@H](c1cc(O)cc(O)c1)O2. The second-order valence-electron chi connectivity index (χ2n) is 8.52. The van der Waals surface area contributed by atoms with Gasteiger partial charge in [-0.2, -0.15) is 0 Å². The maximum atomic E-state index is 12.8. The van der Waals surface area contributed by atoms with Gasteiger partial charge in [-0.15, -0.1) is 0 Å². The lowest BCUT2D eigenvalue weighted by Crippen LogP contribution is -2.21. The first-order valence-electron chi connectivity index (χ1n) is 10.7. The number of benzene rings is 2. The van der Waals surface area contributed by atoms with Gasteiger partial charge in [0.15, 0.2) is 5.78 Å². The predicted molar refractivity (Wildman–Crippen MR) is 123 cm³/mol. The van der Waals surface area contributed by atoms with Crippen LogP contribution in [0.25, 0.3) is 0 Å². The molecule has 4 N–H and O–H groups in total. The van der Waals surface area contributed by atoms with Crippen LogP contribution in [0.4, 0.5) is 0 Å². The fraction of sp³-hybridized carbons (Fsp3) is 0.346. The first-order chi connectivity index (χ1) is 15.2. The molecule has 1 aliphatic heterocycles. The summed E-state index contributed by atoms with van der Waals surface area (Å²) in [6, 6.07) is 5.35. The number of aromatic hydroxyl groups is 4. The summed E-state index contributed by atoms with van der Waals surface area (Å²) >= 11 is 0. The number of Topliss-reactive ketones (excluding diaryl/α,β-unsaturated/α-hetero) is 1. The average molecular weight is 439 g/mol. The minimum atomic E-state index is -0.746. The summed E-state index contributed by atoms with van der Waals surface area (Å²) in [5, 5.41) is 40.6. The van der Waals surface area contributed by atoms with Crippen molar-refractivity contribution in [1.82, 2.24) is 0 Å². The van der Waals surface area contributed by atoms with Crippen molar-refractivity contribution < 1.29 is 30.0 Å². The van der Waals surface area contributed by atoms with Gasteiger partial charge in [-0.05, 0) is 58.6 Å². The maximum absolute atomic E-state index is 12.8. The molecule has 0 bridgehead atoms. The average Bonchev–Trinajstić information content (AvgIpc) is 2.68. The highest BCUT2D eigenvalue weighted by atomic mass is 16.5. The minimum Gasteiger partial charge on any atom is -0.508 e. The summed E-state index contributed by atoms with van der Waals surface area (Å²) in [6.07, 6.45) is 6.41. The Hall–Kier alpha value is -3.41. The molecular formula is C26H30O6. The zero-order valence-corrected chi connectivity index (χ0v) is 18.7. The van der Waals surface area contributed by atoms with Crippen molar-refractivity contribution >= 4 is 5.78 Å². The maximum Gasteiger partial charge on any atom is 0.174 e. The molecule has 3 rings (SSSR count). The van der Waals surface area contributed by atoms with Crippen molar-refractivity contribution in [1.29, 1.82) is 0 Å². The van der Waals surface area contributed by atoms with Gasteiger partial charge in [-0.1, -0.05) is 23.3 Å². The van der Waals surface area contributed by atoms with E-state index in [1.165, 1.54) is 35.4 Å². The Bertz CT molecular complexity index is 1060. The van der Waals surface area contributed by atoms with E-state index in [1.54, 1.807) is 0 Å². The number of allylic oxidation sites excluding steroid dienone is 4. The van der Waals surface area contributed by atoms with E-state index < -0.39 is 6.10 Å². The Kier molecular flexibility index (Phi) is 7.13. The van der Waals surface area contributed by atoms with E-state index in [0.717, 1.165) is 12.8 Å². The topological polar surface area (TPSA) is 107 Å². The molecule has 1 heterocycles. The van der Waals surface area contributed by atoms with Crippen LogP contribution in [0.5, 0.6) is 28.7 Å². The lowest BCUT2D eigenvalue weighted by atomic mass is 9.92. The van der Waals surface area contributed by atoms with Crippen molar-refractivity contribution in [3.63, 3.8) is 0 Å². The molecule has 32 heavy (non-hydrogen) atoms. The number of carbonyl (C=O) groups excluding carboxylic acids is 1. The van der Waals surface area contributed by atoms with Crippen LogP contribution in [-0.4, -0.2) is 26.2 Å². The number of rotatable bonds is 7. The van der Waals surface area contributed by atoms with Gasteiger partial charge in [0.1, 0.15) is 40.4 Å². The van der Waals surface area contributed by atoms with Gasteiger partial charge in [0.25, 0.3) is 0 Å². The third kappa shape index (κ3) is 5.44. The third-order valence-electron chi connectivity index (χ3n) is 5.54. The molecule has 0 unspecified atom stereocenters. The third-order valence-corrected chi connectivity index (χ3v) is 5.54. The summed E-state index contributed by atoms with van der Waals surface area (Å²) in [5.41, 5.74) is 3.33. The standard InChI is InChI=1S/C26H30O6/c1-15(2)6-4-7-16(3)8-5-9-20-21(29)13-24-25(26(20)31)22(30)14-23(32-24)17-10-18(27)12-19(28)11-17/h6,8,10-13,23,27-29,31H,4-5,7,9,14H2,1-3H3/t23-/m0/s1. The Morgan fingerprint density at radius 1 is 1.00 bits per heavy atom. The first kappa shape index (κ1) is 23.3. The normalized spacial score (nSPS) is 15.8. The van der Waals surface area contributed by atoms with Crippen LogP contribution in [0.1, 0.15) is 74.0 Å². The highest BCUT2D eigenvalue weighted by Gasteiger charge is 2.33. The molecule has 0 aromatic heterocycles. The van der Waals surface area contributed by atoms with Crippen LogP contribution in [0.2, 0.25) is 0 Å². The van der Waals surface area contributed by atoms with Crippen LogP contribution in [0, 0.1) is 0 Å². The molecule has 0 amide bonds. The number of phenols is 4. The summed E-state index contributed by atoms with van der Waals surface area (Å²) in [6.45, 7) is 6.20. The summed E-state index contributed by atoms with van der Waals surface area (Å²) in [5.74, 6) is -0.923. The predicted octanol–water partition coefficient (Wildman–Crippen LogP) is 5.84. The van der Waals surface area contributed by atoms with Crippen LogP contribution in [0.3, 0.4) is 0 Å². The molecular weight excluding hydrogens is 408 g/mol. The zero-order valence-electron chi connectivity index (χ0n) is 18.7. The van der Waals surface area contributed by atoms with E-state index >= 15 is 0 Å². The Morgan fingerprint density at radius 2 is 1.69 bits per heavy atom. The number of fused-ring (bicyclic) bond motifs is 1. The van der Waals surface area contributed by atoms with Gasteiger partial charge in [-0.25, -0.2) is 0 Å². The van der Waals surface area contributed by atoms with E-state index in [9.17, 15) is 25.2 Å². The molecule has 0 radical (unpaired) electrons. The van der Waals surface area contributed by atoms with Crippen LogP contribution < -0.4 is 4.74 Å². The number of hydrogen-bond donors (Lipinski definition) is 4. The van der Waals surface area contributed by atoms with Gasteiger partial charge in [0, 0.05) is 23.3 Å². The number of carbonyl (C=O) groups is 1. The monoisotopic (exact) mass is 438 g/mol. The van der Waals surface area contributed by atoms with Crippen molar-refractivity contribution in [3.05, 3.63) is 64.3 Å². The molecule has 0 spiro atoms. The Labute approximate surface area is 188 Å². The minimum absolute atomic E-state index is 0.0580. The number of phenolic OH excluding ortho intramolecular Hbond substituents is 4. The van der Waals surface area contributed by atoms with Crippen molar-refractivity contribution in [3.8, 4) is 28.7 Å². The molecule has 0 saturated heterocycles. The fourth-order valence-electron chi connectivity index (χ4n) is 3.89. The quantitative estimate of drug-likeness (QED) is 0.405. The number of ketones is 1. The Morgan fingerprint density at radius 3 is 2.34 bits per heavy atom. The van der Waals surface area contributed by atoms with E-state index in [0.29, 0.717) is 24.0 Å². The second kappa shape index (κ2) is 9.81. The van der Waals surface area contributed by atoms with E-state index in [4.69, 9.17) is 4.74 Å². The molecule has 0 saturated carbocycles. The largest absolute Gasteiger partial charge is 0.508 e. The highest BCUT2D eigenvalue weighted by molar-refractivity contribution is 6.03. The van der Waals surface area contributed by atoms with Gasteiger partial charge in [0.05, 0.1) is 6.42 Å². The van der Waals surface area contributed by atoms with Gasteiger partial charge in [-0.3, -0.25) is 4.79 Å². The molecule has 0 aliphatic carbocycles. The second-order valence-corrected chi connectivity index (χ2v) is 8.52. The number of hydrogen-bond acceptors (Lipinski definition) is 6. The summed E-state index contributed by atoms with van der Waals surface area (Å²) in [4.78, 5) is 12.8. The molecule has 170 valence electrons. The van der Waals surface area contributed by atoms with Crippen molar-refractivity contribution in [2.45, 2.75) is 59.0 Å². The van der Waals surface area contributed by atoms with Gasteiger partial charge >= 0.3 is 0 Å². The van der Waals surface area contributed by atoms with E-state index in [1.807, 2.05) is 0 Å². The van der Waals surface area contributed by atoms with E-state index in [-0.39, 0.29) is 46.5 Å². The fourth-order valence-corrected chi connectivity index (χ4v) is 3.89.